The van der Waals surface area contributed by atoms with E-state index in [1.54, 1.807) is 18.2 Å². The third-order valence-electron chi connectivity index (χ3n) is 1.63. The van der Waals surface area contributed by atoms with Gasteiger partial charge in [-0.3, -0.25) is 4.79 Å². The summed E-state index contributed by atoms with van der Waals surface area (Å²) in [6.07, 6.45) is -0.0298. The summed E-state index contributed by atoms with van der Waals surface area (Å²) >= 11 is 0. The van der Waals surface area contributed by atoms with E-state index in [2.05, 4.69) is 4.98 Å². The number of nitriles is 1. The molecule has 78 valence electrons. The number of carboxylic acid groups (broad SMARTS) is 1. The van der Waals surface area contributed by atoms with Crippen LogP contribution >= 0.6 is 0 Å². The highest BCUT2D eigenvalue weighted by atomic mass is 16.5. The molecule has 1 heterocycles. The zero-order valence-electron chi connectivity index (χ0n) is 8.01. The van der Waals surface area contributed by atoms with Crippen LogP contribution in [0.2, 0.25) is 0 Å². The molecular weight excluding hydrogens is 196 g/mol. The first kappa shape index (κ1) is 11.1. The van der Waals surface area contributed by atoms with Crippen molar-refractivity contribution >= 4 is 5.97 Å². The number of nitrogens with zero attached hydrogens (tertiary/aromatic N) is 2. The average molecular weight is 206 g/mol. The molecule has 15 heavy (non-hydrogen) atoms. The number of rotatable bonds is 5. The predicted molar refractivity (Wildman–Crippen MR) is 50.9 cm³/mol. The van der Waals surface area contributed by atoms with Gasteiger partial charge < -0.3 is 9.84 Å². The van der Waals surface area contributed by atoms with E-state index in [1.165, 1.54) is 0 Å². The monoisotopic (exact) mass is 206 g/mol. The minimum atomic E-state index is -0.895. The van der Waals surface area contributed by atoms with Crippen molar-refractivity contribution in [1.29, 1.82) is 5.26 Å². The van der Waals surface area contributed by atoms with E-state index >= 15 is 0 Å². The minimum Gasteiger partial charge on any atom is -0.481 e. The van der Waals surface area contributed by atoms with Gasteiger partial charge in [0.2, 0.25) is 0 Å². The second kappa shape index (κ2) is 5.73. The summed E-state index contributed by atoms with van der Waals surface area (Å²) in [6.45, 7) is 0.372. The van der Waals surface area contributed by atoms with Crippen LogP contribution in [0, 0.1) is 11.3 Å². The Morgan fingerprint density at radius 3 is 3.07 bits per heavy atom. The normalized spacial score (nSPS) is 9.53. The van der Waals surface area contributed by atoms with Crippen molar-refractivity contribution in [3.8, 4) is 6.07 Å². The third kappa shape index (κ3) is 4.20. The molecule has 0 saturated heterocycles. The van der Waals surface area contributed by atoms with Crippen molar-refractivity contribution in [2.24, 2.45) is 0 Å². The maximum Gasteiger partial charge on any atom is 0.305 e. The molecule has 0 radical (unpaired) electrons. The van der Waals surface area contributed by atoms with Gasteiger partial charge in [0.05, 0.1) is 25.3 Å². The van der Waals surface area contributed by atoms with Gasteiger partial charge in [0.15, 0.2) is 0 Å². The molecule has 0 amide bonds. The lowest BCUT2D eigenvalue weighted by Crippen LogP contribution is -2.03. The molecule has 0 fully saturated rings. The van der Waals surface area contributed by atoms with Crippen molar-refractivity contribution in [2.75, 3.05) is 6.61 Å². The Morgan fingerprint density at radius 1 is 1.60 bits per heavy atom. The summed E-state index contributed by atoms with van der Waals surface area (Å²) in [6, 6.07) is 6.95. The summed E-state index contributed by atoms with van der Waals surface area (Å²) in [7, 11) is 0. The van der Waals surface area contributed by atoms with Crippen LogP contribution in [0.4, 0.5) is 0 Å². The molecule has 5 nitrogen and oxygen atoms in total. The van der Waals surface area contributed by atoms with Gasteiger partial charge in [-0.05, 0) is 12.1 Å². The Labute approximate surface area is 86.9 Å². The molecule has 1 rings (SSSR count). The Balaban J connectivity index is 2.38. The van der Waals surface area contributed by atoms with Crippen molar-refractivity contribution in [3.05, 3.63) is 29.6 Å². The lowest BCUT2D eigenvalue weighted by Gasteiger charge is -2.01. The highest BCUT2D eigenvalue weighted by Crippen LogP contribution is 2.00. The largest absolute Gasteiger partial charge is 0.481 e. The van der Waals surface area contributed by atoms with Crippen molar-refractivity contribution in [2.45, 2.75) is 13.0 Å². The Bertz CT molecular complexity index is 384. The van der Waals surface area contributed by atoms with Crippen molar-refractivity contribution in [1.82, 2.24) is 4.98 Å². The molecule has 0 bridgehead atoms. The SMILES string of the molecule is N#Cc1cccc(COCCC(=O)O)n1. The zero-order valence-corrected chi connectivity index (χ0v) is 8.01. The lowest BCUT2D eigenvalue weighted by atomic mass is 10.3. The molecule has 1 N–H and O–H groups in total. The maximum atomic E-state index is 10.2. The number of carboxylic acids is 1. The molecule has 0 aliphatic carbocycles. The first-order valence-corrected chi connectivity index (χ1v) is 4.38. The molecule has 0 aromatic carbocycles. The van der Waals surface area contributed by atoms with Crippen LogP contribution in [-0.4, -0.2) is 22.7 Å². The predicted octanol–water partition coefficient (Wildman–Crippen LogP) is 0.945. The molecule has 0 aliphatic rings. The van der Waals surface area contributed by atoms with Crippen LogP contribution in [0.3, 0.4) is 0 Å². The fraction of sp³-hybridized carbons (Fsp3) is 0.300. The van der Waals surface area contributed by atoms with Crippen LogP contribution in [0.15, 0.2) is 18.2 Å². The number of pyridine rings is 1. The van der Waals surface area contributed by atoms with Crippen LogP contribution in [0.1, 0.15) is 17.8 Å². The topological polar surface area (TPSA) is 83.2 Å². The standard InChI is InChI=1S/C10H10N2O3/c11-6-8-2-1-3-9(12-8)7-15-5-4-10(13)14/h1-3H,4-5,7H2,(H,13,14). The second-order valence-electron chi connectivity index (χ2n) is 2.82. The van der Waals surface area contributed by atoms with Gasteiger partial charge in [0.1, 0.15) is 11.8 Å². The number of hydrogen-bond acceptors (Lipinski definition) is 4. The number of hydrogen-bond donors (Lipinski definition) is 1. The first-order valence-electron chi connectivity index (χ1n) is 4.38. The fourth-order valence-corrected chi connectivity index (χ4v) is 0.958. The molecule has 1 aromatic heterocycles. The summed E-state index contributed by atoms with van der Waals surface area (Å²) in [5.41, 5.74) is 0.953. The van der Waals surface area contributed by atoms with Crippen molar-refractivity contribution in [3.63, 3.8) is 0 Å². The summed E-state index contributed by atoms with van der Waals surface area (Å²) in [5.74, 6) is -0.895. The van der Waals surface area contributed by atoms with Gasteiger partial charge in [0.25, 0.3) is 0 Å². The lowest BCUT2D eigenvalue weighted by molar-refractivity contribution is -0.138. The molecule has 0 saturated carbocycles. The van der Waals surface area contributed by atoms with Crippen LogP contribution < -0.4 is 0 Å². The number of aromatic nitrogens is 1. The van der Waals surface area contributed by atoms with E-state index in [-0.39, 0.29) is 19.6 Å². The van der Waals surface area contributed by atoms with E-state index in [4.69, 9.17) is 15.1 Å². The first-order chi connectivity index (χ1) is 7.22. The van der Waals surface area contributed by atoms with E-state index in [9.17, 15) is 4.79 Å². The molecule has 0 aliphatic heterocycles. The Morgan fingerprint density at radius 2 is 2.40 bits per heavy atom. The minimum absolute atomic E-state index is 0.0298. The van der Waals surface area contributed by atoms with Gasteiger partial charge in [-0.1, -0.05) is 6.07 Å². The van der Waals surface area contributed by atoms with Crippen molar-refractivity contribution < 1.29 is 14.6 Å². The molecule has 0 unspecified atom stereocenters. The van der Waals surface area contributed by atoms with Gasteiger partial charge >= 0.3 is 5.97 Å². The van der Waals surface area contributed by atoms with Gasteiger partial charge in [-0.2, -0.15) is 5.26 Å². The van der Waals surface area contributed by atoms with Gasteiger partial charge in [-0.15, -0.1) is 0 Å². The summed E-state index contributed by atoms with van der Waals surface area (Å²) in [4.78, 5) is 14.1. The van der Waals surface area contributed by atoms with Crippen LogP contribution in [0.25, 0.3) is 0 Å². The molecule has 5 heteroatoms. The highest BCUT2D eigenvalue weighted by Gasteiger charge is 1.99. The molecular formula is C10H10N2O3. The van der Waals surface area contributed by atoms with E-state index < -0.39 is 5.97 Å². The number of aliphatic carboxylic acids is 1. The van der Waals surface area contributed by atoms with E-state index in [0.717, 1.165) is 0 Å². The summed E-state index contributed by atoms with van der Waals surface area (Å²) in [5, 5.41) is 16.9. The molecule has 1 aromatic rings. The van der Waals surface area contributed by atoms with Crippen LogP contribution in [0.5, 0.6) is 0 Å². The van der Waals surface area contributed by atoms with Crippen LogP contribution in [-0.2, 0) is 16.1 Å². The van der Waals surface area contributed by atoms with E-state index in [0.29, 0.717) is 11.4 Å². The zero-order chi connectivity index (χ0) is 11.1. The van der Waals surface area contributed by atoms with E-state index in [1.807, 2.05) is 6.07 Å². The number of ether oxygens (including phenoxy) is 1. The highest BCUT2D eigenvalue weighted by molar-refractivity contribution is 5.66. The quantitative estimate of drug-likeness (QED) is 0.725. The number of carbonyl (C=O) groups is 1. The smallest absolute Gasteiger partial charge is 0.305 e. The third-order valence-corrected chi connectivity index (χ3v) is 1.63. The average Bonchev–Trinajstić information content (AvgIpc) is 2.24. The Hall–Kier alpha value is -1.93. The second-order valence-corrected chi connectivity index (χ2v) is 2.82. The molecule has 0 atom stereocenters. The summed E-state index contributed by atoms with van der Waals surface area (Å²) < 4.78 is 5.08. The van der Waals surface area contributed by atoms with Gasteiger partial charge in [0, 0.05) is 0 Å². The maximum absolute atomic E-state index is 10.2. The van der Waals surface area contributed by atoms with Gasteiger partial charge in [-0.25, -0.2) is 4.98 Å². The fourth-order valence-electron chi connectivity index (χ4n) is 0.958. The molecule has 0 spiro atoms. The Kier molecular flexibility index (Phi) is 4.26.